The zero-order chi connectivity index (χ0) is 16.3. The van der Waals surface area contributed by atoms with E-state index in [-0.39, 0.29) is 0 Å². The Bertz CT molecular complexity index is 710. The summed E-state index contributed by atoms with van der Waals surface area (Å²) in [6, 6.07) is 13.0. The number of carboxylic acid groups (broad SMARTS) is 1. The van der Waals surface area contributed by atoms with Crippen LogP contribution in [0.4, 0.5) is 0 Å². The van der Waals surface area contributed by atoms with E-state index in [1.165, 1.54) is 13.8 Å². The lowest BCUT2D eigenvalue weighted by Gasteiger charge is -2.23. The Hall–Kier alpha value is -2.40. The number of benzene rings is 2. The SMILES string of the molecule is CC(C)(NC(=O)[C@@H](N)Cc1ccc2ccccc2c1)C(=O)O. The van der Waals surface area contributed by atoms with Gasteiger partial charge in [-0.1, -0.05) is 42.5 Å². The molecule has 1 amide bonds. The van der Waals surface area contributed by atoms with Crippen molar-refractivity contribution in [3.63, 3.8) is 0 Å². The van der Waals surface area contributed by atoms with E-state index in [1.54, 1.807) is 0 Å². The fraction of sp³-hybridized carbons (Fsp3) is 0.294. The van der Waals surface area contributed by atoms with Gasteiger partial charge in [0.1, 0.15) is 5.54 Å². The predicted octanol–water partition coefficient (Wildman–Crippen LogP) is 1.69. The van der Waals surface area contributed by atoms with Crippen molar-refractivity contribution >= 4 is 22.6 Å². The highest BCUT2D eigenvalue weighted by atomic mass is 16.4. The van der Waals surface area contributed by atoms with Gasteiger partial charge in [-0.25, -0.2) is 4.79 Å². The molecule has 0 aliphatic carbocycles. The van der Waals surface area contributed by atoms with Crippen molar-refractivity contribution < 1.29 is 14.7 Å². The van der Waals surface area contributed by atoms with E-state index in [2.05, 4.69) is 5.32 Å². The van der Waals surface area contributed by atoms with Gasteiger partial charge in [-0.05, 0) is 36.6 Å². The maximum absolute atomic E-state index is 12.0. The number of carbonyl (C=O) groups is 2. The van der Waals surface area contributed by atoms with E-state index in [0.29, 0.717) is 6.42 Å². The molecule has 0 aromatic heterocycles. The third kappa shape index (κ3) is 3.62. The summed E-state index contributed by atoms with van der Waals surface area (Å²) in [6.45, 7) is 2.85. The molecule has 0 radical (unpaired) electrons. The molecule has 2 aromatic rings. The lowest BCUT2D eigenvalue weighted by Crippen LogP contribution is -2.55. The molecule has 116 valence electrons. The van der Waals surface area contributed by atoms with E-state index in [0.717, 1.165) is 16.3 Å². The monoisotopic (exact) mass is 300 g/mol. The molecule has 5 nitrogen and oxygen atoms in total. The van der Waals surface area contributed by atoms with Crippen LogP contribution in [-0.4, -0.2) is 28.6 Å². The summed E-state index contributed by atoms with van der Waals surface area (Å²) in [5.74, 6) is -1.57. The van der Waals surface area contributed by atoms with Gasteiger partial charge in [0, 0.05) is 0 Å². The number of carboxylic acids is 1. The predicted molar refractivity (Wildman–Crippen MR) is 85.5 cm³/mol. The maximum atomic E-state index is 12.0. The van der Waals surface area contributed by atoms with Crippen molar-refractivity contribution in [1.82, 2.24) is 5.32 Å². The normalized spacial score (nSPS) is 12.9. The molecule has 2 aromatic carbocycles. The van der Waals surface area contributed by atoms with E-state index in [9.17, 15) is 9.59 Å². The van der Waals surface area contributed by atoms with Gasteiger partial charge in [-0.3, -0.25) is 4.79 Å². The zero-order valence-electron chi connectivity index (χ0n) is 12.7. The lowest BCUT2D eigenvalue weighted by molar-refractivity contribution is -0.146. The number of carbonyl (C=O) groups excluding carboxylic acids is 1. The van der Waals surface area contributed by atoms with E-state index >= 15 is 0 Å². The summed E-state index contributed by atoms with van der Waals surface area (Å²) < 4.78 is 0. The van der Waals surface area contributed by atoms with Gasteiger partial charge in [-0.2, -0.15) is 0 Å². The topological polar surface area (TPSA) is 92.4 Å². The third-order valence-electron chi connectivity index (χ3n) is 3.58. The minimum absolute atomic E-state index is 0.354. The average Bonchev–Trinajstić information content (AvgIpc) is 2.46. The molecule has 0 aliphatic heterocycles. The first-order valence-corrected chi connectivity index (χ1v) is 7.08. The molecular weight excluding hydrogens is 280 g/mol. The Morgan fingerprint density at radius 2 is 1.82 bits per heavy atom. The number of amides is 1. The van der Waals surface area contributed by atoms with Crippen LogP contribution in [-0.2, 0) is 16.0 Å². The fourth-order valence-corrected chi connectivity index (χ4v) is 2.17. The second-order valence-electron chi connectivity index (χ2n) is 5.91. The molecule has 0 spiro atoms. The van der Waals surface area contributed by atoms with E-state index in [1.807, 2.05) is 42.5 Å². The molecule has 0 bridgehead atoms. The molecular formula is C17H20N2O3. The first-order valence-electron chi connectivity index (χ1n) is 7.08. The second kappa shape index (κ2) is 6.15. The van der Waals surface area contributed by atoms with Gasteiger partial charge in [0.05, 0.1) is 6.04 Å². The van der Waals surface area contributed by atoms with Crippen LogP contribution in [0.25, 0.3) is 10.8 Å². The van der Waals surface area contributed by atoms with Gasteiger partial charge >= 0.3 is 5.97 Å². The molecule has 0 saturated carbocycles. The molecule has 0 unspecified atom stereocenters. The van der Waals surface area contributed by atoms with Gasteiger partial charge in [-0.15, -0.1) is 0 Å². The van der Waals surface area contributed by atoms with Crippen molar-refractivity contribution in [2.24, 2.45) is 5.73 Å². The molecule has 0 heterocycles. The maximum Gasteiger partial charge on any atom is 0.328 e. The van der Waals surface area contributed by atoms with Crippen molar-refractivity contribution in [2.75, 3.05) is 0 Å². The first kappa shape index (κ1) is 16.0. The minimum Gasteiger partial charge on any atom is -0.480 e. The Morgan fingerprint density at radius 1 is 1.18 bits per heavy atom. The quantitative estimate of drug-likeness (QED) is 0.783. The first-order chi connectivity index (χ1) is 10.3. The van der Waals surface area contributed by atoms with Crippen LogP contribution in [0.1, 0.15) is 19.4 Å². The molecule has 0 aliphatic rings. The largest absolute Gasteiger partial charge is 0.480 e. The number of hydrogen-bond acceptors (Lipinski definition) is 3. The number of nitrogens with one attached hydrogen (secondary N) is 1. The Kier molecular flexibility index (Phi) is 4.47. The average molecular weight is 300 g/mol. The molecule has 5 heteroatoms. The highest BCUT2D eigenvalue weighted by Crippen LogP contribution is 2.16. The molecule has 1 atom stereocenters. The highest BCUT2D eigenvalue weighted by molar-refractivity contribution is 5.89. The van der Waals surface area contributed by atoms with Crippen LogP contribution >= 0.6 is 0 Å². The van der Waals surface area contributed by atoms with Gasteiger partial charge in [0.15, 0.2) is 0 Å². The molecule has 4 N–H and O–H groups in total. The molecule has 2 rings (SSSR count). The van der Waals surface area contributed by atoms with Gasteiger partial charge in [0.2, 0.25) is 5.91 Å². The standard InChI is InChI=1S/C17H20N2O3/c1-17(2,16(21)22)19-15(20)14(18)10-11-7-8-12-5-3-4-6-13(12)9-11/h3-9,14H,10,18H2,1-2H3,(H,19,20)(H,21,22)/t14-/m0/s1. The van der Waals surface area contributed by atoms with Gasteiger partial charge < -0.3 is 16.2 Å². The number of fused-ring (bicyclic) bond motifs is 1. The van der Waals surface area contributed by atoms with E-state index in [4.69, 9.17) is 10.8 Å². The minimum atomic E-state index is -1.34. The number of nitrogens with two attached hydrogens (primary N) is 1. The summed E-state index contributed by atoms with van der Waals surface area (Å²) in [4.78, 5) is 23.1. The molecule has 22 heavy (non-hydrogen) atoms. The number of hydrogen-bond donors (Lipinski definition) is 3. The summed E-state index contributed by atoms with van der Waals surface area (Å²) in [6.07, 6.45) is 0.354. The third-order valence-corrected chi connectivity index (χ3v) is 3.58. The van der Waals surface area contributed by atoms with Crippen LogP contribution in [0.2, 0.25) is 0 Å². The van der Waals surface area contributed by atoms with E-state index < -0.39 is 23.5 Å². The summed E-state index contributed by atoms with van der Waals surface area (Å²) in [5, 5.41) is 13.7. The number of aliphatic carboxylic acids is 1. The van der Waals surface area contributed by atoms with Gasteiger partial charge in [0.25, 0.3) is 0 Å². The smallest absolute Gasteiger partial charge is 0.328 e. The van der Waals surface area contributed by atoms with Crippen LogP contribution in [0.5, 0.6) is 0 Å². The Balaban J connectivity index is 2.08. The van der Waals surface area contributed by atoms with Crippen molar-refractivity contribution in [3.05, 3.63) is 48.0 Å². The fourth-order valence-electron chi connectivity index (χ4n) is 2.17. The van der Waals surface area contributed by atoms with Crippen LogP contribution in [0.3, 0.4) is 0 Å². The van der Waals surface area contributed by atoms with Crippen molar-refractivity contribution in [1.29, 1.82) is 0 Å². The van der Waals surface area contributed by atoms with Crippen molar-refractivity contribution in [3.8, 4) is 0 Å². The molecule has 0 fully saturated rings. The second-order valence-corrected chi connectivity index (χ2v) is 5.91. The van der Waals surface area contributed by atoms with Crippen LogP contribution < -0.4 is 11.1 Å². The highest BCUT2D eigenvalue weighted by Gasteiger charge is 2.30. The van der Waals surface area contributed by atoms with Crippen LogP contribution in [0.15, 0.2) is 42.5 Å². The summed E-state index contributed by atoms with van der Waals surface area (Å²) in [7, 11) is 0. The van der Waals surface area contributed by atoms with Crippen molar-refractivity contribution in [2.45, 2.75) is 31.8 Å². The van der Waals surface area contributed by atoms with Crippen LogP contribution in [0, 0.1) is 0 Å². The Labute approximate surface area is 129 Å². The molecule has 0 saturated heterocycles. The summed E-state index contributed by atoms with van der Waals surface area (Å²) >= 11 is 0. The summed E-state index contributed by atoms with van der Waals surface area (Å²) in [5.41, 5.74) is 5.50. The lowest BCUT2D eigenvalue weighted by atomic mass is 10.00. The zero-order valence-corrected chi connectivity index (χ0v) is 12.7. The Morgan fingerprint density at radius 3 is 2.45 bits per heavy atom. The number of rotatable bonds is 5.